The Morgan fingerprint density at radius 3 is 2.56 bits per heavy atom. The van der Waals surface area contributed by atoms with Gasteiger partial charge in [-0.2, -0.15) is 0 Å². The van der Waals surface area contributed by atoms with Gasteiger partial charge in [0.05, 0.1) is 0 Å². The molecule has 1 rings (SSSR count). The number of hydrogen-bond acceptors (Lipinski definition) is 3. The molecule has 0 aliphatic rings. The average Bonchev–Trinajstić information content (AvgIpc) is 2.15. The van der Waals surface area contributed by atoms with E-state index in [2.05, 4.69) is 0 Å². The number of rotatable bonds is 4. The second-order valence-corrected chi connectivity index (χ2v) is 3.88. The van der Waals surface area contributed by atoms with Crippen LogP contribution >= 0.6 is 23.2 Å². The van der Waals surface area contributed by atoms with E-state index in [1.807, 2.05) is 0 Å². The van der Waals surface area contributed by atoms with E-state index in [0.29, 0.717) is 15.6 Å². The molecule has 0 fully saturated rings. The smallest absolute Gasteiger partial charge is 0.315 e. The van der Waals surface area contributed by atoms with Crippen molar-refractivity contribution in [3.8, 4) is 0 Å². The number of hydrogen-bond donors (Lipinski definition) is 1. The summed E-state index contributed by atoms with van der Waals surface area (Å²) in [6.45, 7) is -0.0118. The third-order valence-electron chi connectivity index (χ3n) is 1.72. The van der Waals surface area contributed by atoms with Crippen LogP contribution in [0.1, 0.15) is 12.0 Å². The molecule has 16 heavy (non-hydrogen) atoms. The van der Waals surface area contributed by atoms with Crippen LogP contribution in [-0.4, -0.2) is 11.9 Å². The zero-order valence-electron chi connectivity index (χ0n) is 8.20. The van der Waals surface area contributed by atoms with Crippen molar-refractivity contribution in [2.45, 2.75) is 13.0 Å². The number of carbonyl (C=O) groups excluding carboxylic acids is 2. The molecule has 0 saturated heterocycles. The lowest BCUT2D eigenvalue weighted by Gasteiger charge is -2.05. The van der Waals surface area contributed by atoms with Crippen LogP contribution < -0.4 is 5.73 Å². The molecule has 2 N–H and O–H groups in total. The molecule has 0 bridgehead atoms. The van der Waals surface area contributed by atoms with Crippen LogP contribution in [-0.2, 0) is 20.9 Å². The van der Waals surface area contributed by atoms with Crippen LogP contribution in [0.25, 0.3) is 0 Å². The molecule has 0 saturated carbocycles. The first kappa shape index (κ1) is 12.8. The van der Waals surface area contributed by atoms with E-state index in [-0.39, 0.29) is 6.61 Å². The second-order valence-electron chi connectivity index (χ2n) is 3.04. The van der Waals surface area contributed by atoms with Crippen molar-refractivity contribution in [2.24, 2.45) is 5.73 Å². The molecule has 0 aliphatic heterocycles. The highest BCUT2D eigenvalue weighted by Gasteiger charge is 2.08. The maximum atomic E-state index is 11.0. The van der Waals surface area contributed by atoms with E-state index in [9.17, 15) is 9.59 Å². The van der Waals surface area contributed by atoms with Gasteiger partial charge in [0, 0.05) is 15.6 Å². The summed E-state index contributed by atoms with van der Waals surface area (Å²) in [5.41, 5.74) is 5.44. The number of primary amides is 1. The van der Waals surface area contributed by atoms with Crippen molar-refractivity contribution in [3.05, 3.63) is 33.8 Å². The number of benzene rings is 1. The van der Waals surface area contributed by atoms with Gasteiger partial charge in [-0.05, 0) is 12.1 Å². The van der Waals surface area contributed by atoms with Gasteiger partial charge >= 0.3 is 5.97 Å². The minimum atomic E-state index is -0.729. The van der Waals surface area contributed by atoms with Gasteiger partial charge in [0.25, 0.3) is 0 Å². The van der Waals surface area contributed by atoms with Crippen molar-refractivity contribution in [3.63, 3.8) is 0 Å². The Hall–Kier alpha value is -1.26. The van der Waals surface area contributed by atoms with Crippen molar-refractivity contribution >= 4 is 35.1 Å². The predicted molar refractivity (Wildman–Crippen MR) is 60.1 cm³/mol. The molecule has 6 heteroatoms. The van der Waals surface area contributed by atoms with Gasteiger partial charge in [0.15, 0.2) is 0 Å². The lowest BCUT2D eigenvalue weighted by molar-refractivity contribution is -0.147. The summed E-state index contributed by atoms with van der Waals surface area (Å²) >= 11 is 11.5. The largest absolute Gasteiger partial charge is 0.460 e. The normalized spacial score (nSPS) is 9.88. The fraction of sp³-hybridized carbons (Fsp3) is 0.200. The highest BCUT2D eigenvalue weighted by atomic mass is 35.5. The number of esters is 1. The Labute approximate surface area is 102 Å². The summed E-state index contributed by atoms with van der Waals surface area (Å²) in [5, 5.41) is 0.900. The maximum absolute atomic E-state index is 11.0. The molecule has 0 unspecified atom stereocenters. The van der Waals surface area contributed by atoms with Gasteiger partial charge in [-0.15, -0.1) is 0 Å². The van der Waals surface area contributed by atoms with Gasteiger partial charge in [0.1, 0.15) is 13.0 Å². The molecule has 0 spiro atoms. The summed E-state index contributed by atoms with van der Waals surface area (Å²) in [7, 11) is 0. The first-order valence-corrected chi connectivity index (χ1v) is 5.12. The zero-order valence-corrected chi connectivity index (χ0v) is 9.72. The van der Waals surface area contributed by atoms with Crippen LogP contribution in [0.15, 0.2) is 18.2 Å². The molecular formula is C10H9Cl2NO3. The van der Waals surface area contributed by atoms with E-state index in [1.54, 1.807) is 18.2 Å². The maximum Gasteiger partial charge on any atom is 0.315 e. The van der Waals surface area contributed by atoms with Crippen molar-refractivity contribution in [1.29, 1.82) is 0 Å². The Kier molecular flexibility index (Phi) is 4.58. The standard InChI is InChI=1S/C10H9Cl2NO3/c11-7-2-1-6(8(12)3-7)5-16-10(15)4-9(13)14/h1-3H,4-5H2,(H2,13,14). The van der Waals surface area contributed by atoms with Gasteiger partial charge in [-0.1, -0.05) is 29.3 Å². The molecular weight excluding hydrogens is 253 g/mol. The highest BCUT2D eigenvalue weighted by molar-refractivity contribution is 6.35. The highest BCUT2D eigenvalue weighted by Crippen LogP contribution is 2.21. The topological polar surface area (TPSA) is 69.4 Å². The second kappa shape index (κ2) is 5.72. The quantitative estimate of drug-likeness (QED) is 0.665. The van der Waals surface area contributed by atoms with E-state index in [0.717, 1.165) is 0 Å². The van der Waals surface area contributed by atoms with E-state index < -0.39 is 18.3 Å². The minimum absolute atomic E-state index is 0.0118. The molecule has 0 radical (unpaired) electrons. The minimum Gasteiger partial charge on any atom is -0.460 e. The van der Waals surface area contributed by atoms with Crippen LogP contribution in [0.5, 0.6) is 0 Å². The van der Waals surface area contributed by atoms with Crippen LogP contribution in [0, 0.1) is 0 Å². The third kappa shape index (κ3) is 4.08. The fourth-order valence-electron chi connectivity index (χ4n) is 0.990. The van der Waals surface area contributed by atoms with Crippen molar-refractivity contribution in [1.82, 2.24) is 0 Å². The molecule has 4 nitrogen and oxygen atoms in total. The number of ether oxygens (including phenoxy) is 1. The lowest BCUT2D eigenvalue weighted by atomic mass is 10.2. The molecule has 0 aliphatic carbocycles. The summed E-state index contributed by atoms with van der Waals surface area (Å²) in [4.78, 5) is 21.4. The summed E-state index contributed by atoms with van der Waals surface area (Å²) < 4.78 is 4.79. The van der Waals surface area contributed by atoms with Gasteiger partial charge in [-0.3, -0.25) is 9.59 Å². The average molecular weight is 262 g/mol. The van der Waals surface area contributed by atoms with Gasteiger partial charge in [0.2, 0.25) is 5.91 Å². The molecule has 1 aromatic carbocycles. The molecule has 1 amide bonds. The molecule has 0 heterocycles. The molecule has 0 aromatic heterocycles. The van der Waals surface area contributed by atoms with Crippen molar-refractivity contribution in [2.75, 3.05) is 0 Å². The third-order valence-corrected chi connectivity index (χ3v) is 2.31. The van der Waals surface area contributed by atoms with Gasteiger partial charge < -0.3 is 10.5 Å². The summed E-state index contributed by atoms with van der Waals surface area (Å²) in [5.74, 6) is -1.41. The predicted octanol–water partition coefficient (Wildman–Crippen LogP) is 1.91. The summed E-state index contributed by atoms with van der Waals surface area (Å²) in [6, 6.07) is 4.81. The molecule has 86 valence electrons. The summed E-state index contributed by atoms with van der Waals surface area (Å²) in [6.07, 6.45) is -0.439. The zero-order chi connectivity index (χ0) is 12.1. The first-order chi connectivity index (χ1) is 7.49. The van der Waals surface area contributed by atoms with Crippen molar-refractivity contribution < 1.29 is 14.3 Å². The van der Waals surface area contributed by atoms with E-state index >= 15 is 0 Å². The first-order valence-electron chi connectivity index (χ1n) is 4.37. The lowest BCUT2D eigenvalue weighted by Crippen LogP contribution is -2.17. The monoisotopic (exact) mass is 261 g/mol. The van der Waals surface area contributed by atoms with E-state index in [4.69, 9.17) is 33.7 Å². The number of amides is 1. The Morgan fingerprint density at radius 1 is 1.31 bits per heavy atom. The molecule has 0 atom stereocenters. The SMILES string of the molecule is NC(=O)CC(=O)OCc1ccc(Cl)cc1Cl. The van der Waals surface area contributed by atoms with Gasteiger partial charge in [-0.25, -0.2) is 0 Å². The van der Waals surface area contributed by atoms with Crippen LogP contribution in [0.4, 0.5) is 0 Å². The number of nitrogens with two attached hydrogens (primary N) is 1. The number of carbonyl (C=O) groups is 2. The Morgan fingerprint density at radius 2 is 2.00 bits per heavy atom. The van der Waals surface area contributed by atoms with Crippen LogP contribution in [0.3, 0.4) is 0 Å². The Balaban J connectivity index is 2.54. The molecule has 1 aromatic rings. The fourth-order valence-corrected chi connectivity index (χ4v) is 1.45. The Bertz CT molecular complexity index is 421. The number of halogens is 2. The van der Waals surface area contributed by atoms with Crippen LogP contribution in [0.2, 0.25) is 10.0 Å². The van der Waals surface area contributed by atoms with E-state index in [1.165, 1.54) is 0 Å².